The van der Waals surface area contributed by atoms with E-state index in [1.807, 2.05) is 0 Å². The second-order valence-corrected chi connectivity index (χ2v) is 4.85. The van der Waals surface area contributed by atoms with Crippen LogP contribution in [0.4, 0.5) is 13.2 Å². The second kappa shape index (κ2) is 6.31. The average molecular weight is 331 g/mol. The van der Waals surface area contributed by atoms with Crippen molar-refractivity contribution in [2.75, 3.05) is 6.61 Å². The normalized spacial score (nSPS) is 11.3. The van der Waals surface area contributed by atoms with Gasteiger partial charge in [0.2, 0.25) is 5.88 Å². The van der Waals surface area contributed by atoms with Crippen LogP contribution < -0.4 is 4.74 Å². The number of halogens is 4. The van der Waals surface area contributed by atoms with E-state index >= 15 is 0 Å². The summed E-state index contributed by atoms with van der Waals surface area (Å²) >= 11 is 5.78. The highest BCUT2D eigenvalue weighted by molar-refractivity contribution is 6.30. The van der Waals surface area contributed by atoms with E-state index in [2.05, 4.69) is 14.9 Å². The van der Waals surface area contributed by atoms with Gasteiger partial charge in [0.15, 0.2) is 12.4 Å². The molecule has 0 spiro atoms. The van der Waals surface area contributed by atoms with Gasteiger partial charge in [-0.15, -0.1) is 10.2 Å². The second-order valence-electron chi connectivity index (χ2n) is 4.42. The minimum Gasteiger partial charge on any atom is -0.467 e. The highest BCUT2D eigenvalue weighted by Gasteiger charge is 2.29. The van der Waals surface area contributed by atoms with Gasteiger partial charge in [-0.05, 0) is 23.8 Å². The summed E-state index contributed by atoms with van der Waals surface area (Å²) in [5.74, 6) is -0.658. The molecule has 1 aromatic carbocycles. The minimum absolute atomic E-state index is 0.0318. The predicted molar refractivity (Wildman–Crippen MR) is 74.0 cm³/mol. The van der Waals surface area contributed by atoms with Crippen molar-refractivity contribution < 1.29 is 22.7 Å². The van der Waals surface area contributed by atoms with Gasteiger partial charge in [0.1, 0.15) is 5.69 Å². The predicted octanol–water partition coefficient (Wildman–Crippen LogP) is 3.94. The number of hydrogen-bond acceptors (Lipinski definition) is 4. The lowest BCUT2D eigenvalue weighted by atomic mass is 10.1. The highest BCUT2D eigenvalue weighted by atomic mass is 35.5. The van der Waals surface area contributed by atoms with Crippen LogP contribution in [0.15, 0.2) is 30.3 Å². The van der Waals surface area contributed by atoms with Crippen molar-refractivity contribution in [1.29, 1.82) is 0 Å². The van der Waals surface area contributed by atoms with Crippen LogP contribution in [0.25, 0.3) is 11.1 Å². The third-order valence-electron chi connectivity index (χ3n) is 2.65. The number of ether oxygens (including phenoxy) is 1. The number of carbonyl (C=O) groups is 1. The Morgan fingerprint density at radius 3 is 2.41 bits per heavy atom. The molecule has 0 amide bonds. The van der Waals surface area contributed by atoms with E-state index in [1.54, 1.807) is 24.3 Å². The van der Waals surface area contributed by atoms with Crippen LogP contribution in [-0.4, -0.2) is 28.8 Å². The molecule has 0 aliphatic rings. The average Bonchev–Trinajstić information content (AvgIpc) is 2.45. The number of ketones is 1. The summed E-state index contributed by atoms with van der Waals surface area (Å²) in [6.07, 6.45) is -4.50. The fourth-order valence-corrected chi connectivity index (χ4v) is 1.77. The lowest BCUT2D eigenvalue weighted by Gasteiger charge is -2.12. The van der Waals surface area contributed by atoms with E-state index in [1.165, 1.54) is 13.0 Å². The molecule has 0 atom stereocenters. The summed E-state index contributed by atoms with van der Waals surface area (Å²) in [4.78, 5) is 11.4. The van der Waals surface area contributed by atoms with E-state index in [9.17, 15) is 18.0 Å². The summed E-state index contributed by atoms with van der Waals surface area (Å²) in [7, 11) is 0. The quantitative estimate of drug-likeness (QED) is 0.797. The van der Waals surface area contributed by atoms with Crippen LogP contribution in [0.1, 0.15) is 17.4 Å². The molecule has 8 heteroatoms. The van der Waals surface area contributed by atoms with Gasteiger partial charge in [-0.3, -0.25) is 4.79 Å². The Kier molecular flexibility index (Phi) is 4.65. The van der Waals surface area contributed by atoms with Crippen molar-refractivity contribution in [2.45, 2.75) is 13.1 Å². The number of nitrogens with zero attached hydrogens (tertiary/aromatic N) is 2. The SMILES string of the molecule is CC(=O)c1cc(-c2ccc(Cl)cc2)c(OCC(F)(F)F)nn1. The maximum Gasteiger partial charge on any atom is 0.422 e. The van der Waals surface area contributed by atoms with Gasteiger partial charge in [0.05, 0.1) is 0 Å². The number of carbonyl (C=O) groups excluding carboxylic acids is 1. The van der Waals surface area contributed by atoms with Gasteiger partial charge in [-0.1, -0.05) is 23.7 Å². The molecule has 0 aliphatic carbocycles. The Morgan fingerprint density at radius 2 is 1.86 bits per heavy atom. The van der Waals surface area contributed by atoms with Crippen molar-refractivity contribution in [3.63, 3.8) is 0 Å². The molecular weight excluding hydrogens is 321 g/mol. The largest absolute Gasteiger partial charge is 0.467 e. The van der Waals surface area contributed by atoms with E-state index in [-0.39, 0.29) is 22.9 Å². The number of benzene rings is 1. The molecule has 1 heterocycles. The molecule has 0 saturated carbocycles. The first kappa shape index (κ1) is 16.2. The first-order valence-electron chi connectivity index (χ1n) is 6.10. The van der Waals surface area contributed by atoms with Crippen LogP contribution in [0.2, 0.25) is 5.02 Å². The summed E-state index contributed by atoms with van der Waals surface area (Å²) in [6, 6.07) is 7.65. The molecule has 4 nitrogen and oxygen atoms in total. The third-order valence-corrected chi connectivity index (χ3v) is 2.90. The maximum absolute atomic E-state index is 12.3. The number of alkyl halides is 3. The van der Waals surface area contributed by atoms with Gasteiger partial charge < -0.3 is 4.74 Å². The Labute approximate surface area is 128 Å². The van der Waals surface area contributed by atoms with Gasteiger partial charge in [0, 0.05) is 17.5 Å². The van der Waals surface area contributed by atoms with Crippen molar-refractivity contribution in [1.82, 2.24) is 10.2 Å². The molecule has 22 heavy (non-hydrogen) atoms. The molecule has 0 fully saturated rings. The number of aromatic nitrogens is 2. The third kappa shape index (κ3) is 4.17. The summed E-state index contributed by atoms with van der Waals surface area (Å²) < 4.78 is 41.6. The van der Waals surface area contributed by atoms with Crippen LogP contribution >= 0.6 is 11.6 Å². The van der Waals surface area contributed by atoms with Crippen LogP contribution in [0, 0.1) is 0 Å². The molecule has 0 unspecified atom stereocenters. The molecular formula is C14H10ClF3N2O2. The Hall–Kier alpha value is -2.15. The number of Topliss-reactive ketones (excluding diaryl/α,β-unsaturated/α-hetero) is 1. The molecule has 0 N–H and O–H groups in total. The van der Waals surface area contributed by atoms with Crippen molar-refractivity contribution in [3.05, 3.63) is 41.0 Å². The van der Waals surface area contributed by atoms with E-state index in [4.69, 9.17) is 11.6 Å². The van der Waals surface area contributed by atoms with Crippen LogP contribution in [0.3, 0.4) is 0 Å². The topological polar surface area (TPSA) is 52.1 Å². The van der Waals surface area contributed by atoms with E-state index < -0.39 is 12.8 Å². The van der Waals surface area contributed by atoms with Gasteiger partial charge in [-0.25, -0.2) is 0 Å². The van der Waals surface area contributed by atoms with E-state index in [0.29, 0.717) is 10.6 Å². The van der Waals surface area contributed by atoms with Crippen molar-refractivity contribution >= 4 is 17.4 Å². The summed E-state index contributed by atoms with van der Waals surface area (Å²) in [5.41, 5.74) is 0.782. The van der Waals surface area contributed by atoms with Gasteiger partial charge in [0.25, 0.3) is 0 Å². The standard InChI is InChI=1S/C14H10ClF3N2O2/c1-8(21)12-6-11(9-2-4-10(15)5-3-9)13(20-19-12)22-7-14(16,17)18/h2-6H,7H2,1H3. The lowest BCUT2D eigenvalue weighted by Crippen LogP contribution is -2.20. The minimum atomic E-state index is -4.50. The van der Waals surface area contributed by atoms with E-state index in [0.717, 1.165) is 0 Å². The zero-order valence-corrected chi connectivity index (χ0v) is 12.1. The van der Waals surface area contributed by atoms with Crippen LogP contribution in [0.5, 0.6) is 5.88 Å². The summed E-state index contributed by atoms with van der Waals surface area (Å²) in [5, 5.41) is 7.61. The fourth-order valence-electron chi connectivity index (χ4n) is 1.65. The van der Waals surface area contributed by atoms with Crippen molar-refractivity contribution in [3.8, 4) is 17.0 Å². The fraction of sp³-hybridized carbons (Fsp3) is 0.214. The lowest BCUT2D eigenvalue weighted by molar-refractivity contribution is -0.154. The smallest absolute Gasteiger partial charge is 0.422 e. The Morgan fingerprint density at radius 1 is 1.23 bits per heavy atom. The Balaban J connectivity index is 2.44. The molecule has 0 aliphatic heterocycles. The first-order valence-corrected chi connectivity index (χ1v) is 6.48. The molecule has 2 rings (SSSR count). The number of rotatable bonds is 4. The molecule has 0 radical (unpaired) electrons. The van der Waals surface area contributed by atoms with Gasteiger partial charge >= 0.3 is 6.18 Å². The first-order chi connectivity index (χ1) is 10.3. The zero-order chi connectivity index (χ0) is 16.3. The molecule has 0 saturated heterocycles. The number of hydrogen-bond donors (Lipinski definition) is 0. The molecule has 1 aromatic heterocycles. The van der Waals surface area contributed by atoms with Crippen molar-refractivity contribution in [2.24, 2.45) is 0 Å². The molecule has 116 valence electrons. The molecule has 2 aromatic rings. The van der Waals surface area contributed by atoms with Crippen LogP contribution in [-0.2, 0) is 0 Å². The zero-order valence-electron chi connectivity index (χ0n) is 11.3. The summed E-state index contributed by atoms with van der Waals surface area (Å²) in [6.45, 7) is -0.215. The van der Waals surface area contributed by atoms with Gasteiger partial charge in [-0.2, -0.15) is 13.2 Å². The highest BCUT2D eigenvalue weighted by Crippen LogP contribution is 2.30. The molecule has 0 bridgehead atoms. The monoisotopic (exact) mass is 330 g/mol. The Bertz CT molecular complexity index is 687. The maximum atomic E-state index is 12.3.